The molecule has 0 aromatic heterocycles. The van der Waals surface area contributed by atoms with Crippen molar-refractivity contribution in [2.45, 2.75) is 64.8 Å². The Balaban J connectivity index is 1.63. The van der Waals surface area contributed by atoms with Crippen molar-refractivity contribution in [1.29, 1.82) is 0 Å². The van der Waals surface area contributed by atoms with Crippen LogP contribution in [-0.2, 0) is 14.3 Å². The maximum atomic E-state index is 12.3. The van der Waals surface area contributed by atoms with Crippen LogP contribution in [0.4, 0.5) is 0 Å². The van der Waals surface area contributed by atoms with Crippen LogP contribution in [0.25, 0.3) is 0 Å². The zero-order chi connectivity index (χ0) is 18.0. The second kappa shape index (κ2) is 5.59. The molecule has 2 saturated carbocycles. The number of amides is 1. The molecule has 1 heterocycles. The highest BCUT2D eigenvalue weighted by Crippen LogP contribution is 2.64. The molecular weight excluding hydrogens is 314 g/mol. The minimum atomic E-state index is -0.133. The summed E-state index contributed by atoms with van der Waals surface area (Å²) in [7, 11) is 3.50. The number of likely N-dealkylation sites (tertiary alicyclic amines) is 1. The normalized spacial score (nSPS) is 46.0. The Morgan fingerprint density at radius 3 is 2.68 bits per heavy atom. The molecular formula is C21H31NO3. The van der Waals surface area contributed by atoms with Crippen molar-refractivity contribution in [3.05, 3.63) is 11.6 Å². The molecule has 4 nitrogen and oxygen atoms in total. The van der Waals surface area contributed by atoms with Gasteiger partial charge in [0.25, 0.3) is 0 Å². The van der Waals surface area contributed by atoms with Gasteiger partial charge in [0.1, 0.15) is 0 Å². The monoisotopic (exact) mass is 345 g/mol. The maximum Gasteiger partial charge on any atom is 0.333 e. The standard InChI is InChI=1S/C21H31NO3/c1-20-11-9-15-13(14(20)6-7-16(20)19(24)25-4)5-8-17-21(15,2)12-10-18(23)22(17)3/h7,13-15,17H,5-6,8-12H2,1-4H3/t13-,14-,15-,17+,20-,21+/m0/s1. The van der Waals surface area contributed by atoms with E-state index < -0.39 is 0 Å². The van der Waals surface area contributed by atoms with E-state index in [-0.39, 0.29) is 16.8 Å². The smallest absolute Gasteiger partial charge is 0.333 e. The predicted molar refractivity (Wildman–Crippen MR) is 95.7 cm³/mol. The van der Waals surface area contributed by atoms with Gasteiger partial charge in [0.2, 0.25) is 5.91 Å². The molecule has 3 aliphatic carbocycles. The molecule has 0 radical (unpaired) electrons. The number of methoxy groups -OCH3 is 1. The van der Waals surface area contributed by atoms with Crippen LogP contribution < -0.4 is 0 Å². The first-order valence-corrected chi connectivity index (χ1v) is 9.87. The highest BCUT2D eigenvalue weighted by atomic mass is 16.5. The Morgan fingerprint density at radius 1 is 1.20 bits per heavy atom. The summed E-state index contributed by atoms with van der Waals surface area (Å²) >= 11 is 0. The van der Waals surface area contributed by atoms with Gasteiger partial charge in [-0.1, -0.05) is 19.9 Å². The van der Waals surface area contributed by atoms with Gasteiger partial charge in [0.15, 0.2) is 0 Å². The van der Waals surface area contributed by atoms with Crippen molar-refractivity contribution >= 4 is 11.9 Å². The lowest BCUT2D eigenvalue weighted by Crippen LogP contribution is -2.61. The summed E-state index contributed by atoms with van der Waals surface area (Å²) in [5.74, 6) is 2.08. The quantitative estimate of drug-likeness (QED) is 0.683. The van der Waals surface area contributed by atoms with E-state index in [4.69, 9.17) is 4.74 Å². The fraction of sp³-hybridized carbons (Fsp3) is 0.810. The number of ether oxygens (including phenoxy) is 1. The Morgan fingerprint density at radius 2 is 1.96 bits per heavy atom. The Kier molecular flexibility index (Phi) is 3.82. The average Bonchev–Trinajstić information content (AvgIpc) is 2.95. The Bertz CT molecular complexity index is 641. The molecule has 3 fully saturated rings. The molecule has 1 saturated heterocycles. The summed E-state index contributed by atoms with van der Waals surface area (Å²) in [6.45, 7) is 4.72. The minimum Gasteiger partial charge on any atom is -0.466 e. The van der Waals surface area contributed by atoms with Crippen molar-refractivity contribution < 1.29 is 14.3 Å². The van der Waals surface area contributed by atoms with Crippen LogP contribution in [-0.4, -0.2) is 37.0 Å². The van der Waals surface area contributed by atoms with Crippen LogP contribution in [0.2, 0.25) is 0 Å². The van der Waals surface area contributed by atoms with Crippen LogP contribution in [0.3, 0.4) is 0 Å². The van der Waals surface area contributed by atoms with Gasteiger partial charge in [-0.3, -0.25) is 4.79 Å². The van der Waals surface area contributed by atoms with Crippen LogP contribution in [0.5, 0.6) is 0 Å². The van der Waals surface area contributed by atoms with Gasteiger partial charge in [0, 0.05) is 30.5 Å². The summed E-state index contributed by atoms with van der Waals surface area (Å²) in [5.41, 5.74) is 1.14. The molecule has 4 aliphatic rings. The summed E-state index contributed by atoms with van der Waals surface area (Å²) in [6.07, 6.45) is 9.43. The Labute approximate surface area is 151 Å². The topological polar surface area (TPSA) is 46.6 Å². The fourth-order valence-electron chi connectivity index (χ4n) is 7.14. The van der Waals surface area contributed by atoms with Gasteiger partial charge in [-0.05, 0) is 61.7 Å². The van der Waals surface area contributed by atoms with Gasteiger partial charge >= 0.3 is 5.97 Å². The van der Waals surface area contributed by atoms with E-state index in [9.17, 15) is 9.59 Å². The van der Waals surface area contributed by atoms with E-state index in [1.807, 2.05) is 11.9 Å². The van der Waals surface area contributed by atoms with E-state index in [1.165, 1.54) is 20.0 Å². The number of fused-ring (bicyclic) bond motifs is 5. The lowest BCUT2D eigenvalue weighted by molar-refractivity contribution is -0.157. The van der Waals surface area contributed by atoms with Gasteiger partial charge < -0.3 is 9.64 Å². The molecule has 1 amide bonds. The van der Waals surface area contributed by atoms with Crippen molar-refractivity contribution in [2.24, 2.45) is 28.6 Å². The third-order valence-electron chi connectivity index (χ3n) is 8.54. The highest BCUT2D eigenvalue weighted by molar-refractivity contribution is 5.90. The number of hydrogen-bond donors (Lipinski definition) is 0. The molecule has 0 unspecified atom stereocenters. The lowest BCUT2D eigenvalue weighted by Gasteiger charge is -2.61. The minimum absolute atomic E-state index is 0.0200. The number of esters is 1. The number of carbonyl (C=O) groups excluding carboxylic acids is 2. The molecule has 1 aliphatic heterocycles. The third-order valence-corrected chi connectivity index (χ3v) is 8.54. The van der Waals surface area contributed by atoms with Gasteiger partial charge in [-0.2, -0.15) is 0 Å². The number of allylic oxidation sites excluding steroid dienone is 1. The molecule has 4 rings (SSSR count). The molecule has 25 heavy (non-hydrogen) atoms. The summed E-state index contributed by atoms with van der Waals surface area (Å²) in [5, 5.41) is 0. The molecule has 0 N–H and O–H groups in total. The summed E-state index contributed by atoms with van der Waals surface area (Å²) in [6, 6.07) is 0.397. The zero-order valence-electron chi connectivity index (χ0n) is 16.0. The first kappa shape index (κ1) is 17.1. The van der Waals surface area contributed by atoms with Gasteiger partial charge in [-0.15, -0.1) is 0 Å². The van der Waals surface area contributed by atoms with E-state index in [2.05, 4.69) is 19.9 Å². The molecule has 6 atom stereocenters. The van der Waals surface area contributed by atoms with Crippen molar-refractivity contribution in [3.63, 3.8) is 0 Å². The van der Waals surface area contributed by atoms with E-state index in [0.717, 1.165) is 31.3 Å². The highest BCUT2D eigenvalue weighted by Gasteiger charge is 2.60. The maximum absolute atomic E-state index is 12.3. The van der Waals surface area contributed by atoms with E-state index >= 15 is 0 Å². The van der Waals surface area contributed by atoms with E-state index in [1.54, 1.807) is 0 Å². The second-order valence-corrected chi connectivity index (χ2v) is 9.28. The number of rotatable bonds is 1. The first-order chi connectivity index (χ1) is 11.8. The molecule has 4 heteroatoms. The van der Waals surface area contributed by atoms with Gasteiger partial charge in [0.05, 0.1) is 7.11 Å². The number of carbonyl (C=O) groups is 2. The third kappa shape index (κ3) is 2.18. The van der Waals surface area contributed by atoms with Crippen molar-refractivity contribution in [2.75, 3.05) is 14.2 Å². The van der Waals surface area contributed by atoms with Crippen molar-refractivity contribution in [3.8, 4) is 0 Å². The zero-order valence-corrected chi connectivity index (χ0v) is 16.0. The molecule has 0 aromatic rings. The molecule has 0 spiro atoms. The van der Waals surface area contributed by atoms with Crippen LogP contribution in [0.15, 0.2) is 11.6 Å². The number of hydrogen-bond acceptors (Lipinski definition) is 3. The van der Waals surface area contributed by atoms with Crippen LogP contribution >= 0.6 is 0 Å². The first-order valence-electron chi connectivity index (χ1n) is 9.87. The summed E-state index contributed by atoms with van der Waals surface area (Å²) < 4.78 is 5.06. The number of nitrogens with zero attached hydrogens (tertiary/aromatic N) is 1. The van der Waals surface area contributed by atoms with Crippen LogP contribution in [0.1, 0.15) is 58.8 Å². The summed E-state index contributed by atoms with van der Waals surface area (Å²) in [4.78, 5) is 26.5. The second-order valence-electron chi connectivity index (χ2n) is 9.28. The largest absolute Gasteiger partial charge is 0.466 e. The predicted octanol–water partition coefficient (Wildman–Crippen LogP) is 3.56. The SMILES string of the molecule is COC(=O)C1=CC[C@H]2[C@@H]3CC[C@H]4N(C)C(=O)CC[C@]4(C)[C@H]3CC[C@]12C. The van der Waals surface area contributed by atoms with E-state index in [0.29, 0.717) is 36.1 Å². The molecule has 0 bridgehead atoms. The van der Waals surface area contributed by atoms with Crippen molar-refractivity contribution in [1.82, 2.24) is 4.90 Å². The molecule has 138 valence electrons. The average molecular weight is 345 g/mol. The van der Waals surface area contributed by atoms with Gasteiger partial charge in [-0.25, -0.2) is 4.79 Å². The van der Waals surface area contributed by atoms with Crippen LogP contribution in [0, 0.1) is 28.6 Å². The Hall–Kier alpha value is -1.32. The molecule has 0 aromatic carbocycles. The lowest BCUT2D eigenvalue weighted by atomic mass is 9.47. The number of piperidine rings is 1. The fourth-order valence-corrected chi connectivity index (χ4v) is 7.14.